The Balaban J connectivity index is 2.77. The number of aliphatic hydroxyl groups is 1. The molecule has 0 bridgehead atoms. The molecule has 0 fully saturated rings. The molecule has 1 rings (SSSR count). The van der Waals surface area contributed by atoms with E-state index in [-0.39, 0.29) is 0 Å². The topological polar surface area (TPSA) is 57.2 Å². The van der Waals surface area contributed by atoms with E-state index in [1.807, 2.05) is 6.92 Å². The predicted octanol–water partition coefficient (Wildman–Crippen LogP) is 3.39. The first-order valence-corrected chi connectivity index (χ1v) is 6.85. The van der Waals surface area contributed by atoms with Crippen LogP contribution in [0, 0.1) is 0 Å². The molecule has 1 atom stereocenters. The van der Waals surface area contributed by atoms with Gasteiger partial charge in [0.1, 0.15) is 11.6 Å². The van der Waals surface area contributed by atoms with Gasteiger partial charge in [0, 0.05) is 13.1 Å². The first-order chi connectivity index (χ1) is 8.58. The molecule has 1 unspecified atom stereocenters. The van der Waals surface area contributed by atoms with Crippen molar-refractivity contribution in [1.82, 2.24) is 4.98 Å². The van der Waals surface area contributed by atoms with Gasteiger partial charge in [0.2, 0.25) is 0 Å². The Kier molecular flexibility index (Phi) is 6.54. The molecule has 0 spiro atoms. The minimum Gasteiger partial charge on any atom is -0.391 e. The Morgan fingerprint density at radius 1 is 1.22 bits per heavy atom. The average Bonchev–Trinajstić information content (AvgIpc) is 2.36. The molecule has 1 aromatic heterocycles. The Hall–Kier alpha value is -0.710. The normalized spacial score (nSPS) is 12.3. The molecule has 0 aliphatic carbocycles. The second kappa shape index (κ2) is 7.67. The third-order valence-electron chi connectivity index (χ3n) is 2.45. The van der Waals surface area contributed by atoms with Crippen molar-refractivity contribution in [1.29, 1.82) is 0 Å². The lowest BCUT2D eigenvalue weighted by Crippen LogP contribution is -2.19. The number of anilines is 2. The lowest BCUT2D eigenvalue weighted by atomic mass is 10.3. The molecule has 0 saturated carbocycles. The second-order valence-electron chi connectivity index (χ2n) is 4.02. The van der Waals surface area contributed by atoms with Crippen LogP contribution in [-0.4, -0.2) is 29.3 Å². The smallest absolute Gasteiger partial charge is 0.147 e. The highest BCUT2D eigenvalue weighted by atomic mass is 35.5. The van der Waals surface area contributed by atoms with E-state index >= 15 is 0 Å². The van der Waals surface area contributed by atoms with E-state index in [9.17, 15) is 5.11 Å². The van der Waals surface area contributed by atoms with E-state index in [2.05, 4.69) is 22.5 Å². The summed E-state index contributed by atoms with van der Waals surface area (Å²) in [4.78, 5) is 4.32. The summed E-state index contributed by atoms with van der Waals surface area (Å²) >= 11 is 12.1. The van der Waals surface area contributed by atoms with Crippen LogP contribution in [0.5, 0.6) is 0 Å². The van der Waals surface area contributed by atoms with Crippen molar-refractivity contribution in [2.45, 2.75) is 32.8 Å². The number of hydrogen-bond donors (Lipinski definition) is 3. The molecule has 0 saturated heterocycles. The van der Waals surface area contributed by atoms with Gasteiger partial charge < -0.3 is 15.7 Å². The lowest BCUT2D eigenvalue weighted by molar-refractivity contribution is 0.183. The average molecular weight is 292 g/mol. The molecule has 18 heavy (non-hydrogen) atoms. The highest BCUT2D eigenvalue weighted by molar-refractivity contribution is 6.37. The van der Waals surface area contributed by atoms with Crippen molar-refractivity contribution >= 4 is 34.8 Å². The lowest BCUT2D eigenvalue weighted by Gasteiger charge is -2.14. The number of rotatable bonds is 7. The molecule has 1 heterocycles. The van der Waals surface area contributed by atoms with Crippen LogP contribution >= 0.6 is 23.2 Å². The van der Waals surface area contributed by atoms with Crippen molar-refractivity contribution in [3.05, 3.63) is 16.1 Å². The Labute approximate surface area is 118 Å². The third-order valence-corrected chi connectivity index (χ3v) is 3.02. The van der Waals surface area contributed by atoms with Crippen molar-refractivity contribution in [3.8, 4) is 0 Å². The van der Waals surface area contributed by atoms with E-state index in [0.29, 0.717) is 34.6 Å². The molecule has 6 heteroatoms. The van der Waals surface area contributed by atoms with Crippen LogP contribution in [0.1, 0.15) is 26.7 Å². The Bertz CT molecular complexity index is 388. The summed E-state index contributed by atoms with van der Waals surface area (Å²) in [5.41, 5.74) is 0. The van der Waals surface area contributed by atoms with Gasteiger partial charge >= 0.3 is 0 Å². The molecule has 1 aromatic rings. The van der Waals surface area contributed by atoms with Gasteiger partial charge in [-0.3, -0.25) is 0 Å². The van der Waals surface area contributed by atoms with E-state index < -0.39 is 6.10 Å². The predicted molar refractivity (Wildman–Crippen MR) is 77.8 cm³/mol. The van der Waals surface area contributed by atoms with Crippen molar-refractivity contribution in [2.24, 2.45) is 0 Å². The summed E-state index contributed by atoms with van der Waals surface area (Å²) in [5.74, 6) is 1.14. The molecule has 4 nitrogen and oxygen atoms in total. The summed E-state index contributed by atoms with van der Waals surface area (Å²) in [6.45, 7) is 5.19. The summed E-state index contributed by atoms with van der Waals surface area (Å²) in [6, 6.07) is 1.65. The van der Waals surface area contributed by atoms with Gasteiger partial charge in [-0.1, -0.05) is 37.0 Å². The van der Waals surface area contributed by atoms with Crippen LogP contribution in [0.2, 0.25) is 10.0 Å². The van der Waals surface area contributed by atoms with Gasteiger partial charge in [-0.15, -0.1) is 0 Å². The maximum atomic E-state index is 9.50. The van der Waals surface area contributed by atoms with E-state index in [4.69, 9.17) is 23.2 Å². The number of aliphatic hydroxyl groups excluding tert-OH is 1. The summed E-state index contributed by atoms with van der Waals surface area (Å²) in [7, 11) is 0. The largest absolute Gasteiger partial charge is 0.391 e. The maximum absolute atomic E-state index is 9.50. The standard InChI is InChI=1S/C12H19Cl2N3O/c1-3-5-15-11-9(13)6-10(14)12(17-11)16-7-8(18)4-2/h6,8,18H,3-5,7H2,1-2H3,(H2,15,16,17). The van der Waals surface area contributed by atoms with Crippen LogP contribution in [0.4, 0.5) is 11.6 Å². The monoisotopic (exact) mass is 291 g/mol. The summed E-state index contributed by atoms with van der Waals surface area (Å²) in [6.07, 6.45) is 1.25. The van der Waals surface area contributed by atoms with Gasteiger partial charge in [0.25, 0.3) is 0 Å². The number of halogens is 2. The van der Waals surface area contributed by atoms with Crippen molar-refractivity contribution in [3.63, 3.8) is 0 Å². The van der Waals surface area contributed by atoms with Gasteiger partial charge in [-0.25, -0.2) is 4.98 Å². The molecule has 0 aromatic carbocycles. The van der Waals surface area contributed by atoms with Gasteiger partial charge in [-0.05, 0) is 18.9 Å². The van der Waals surface area contributed by atoms with Crippen LogP contribution in [-0.2, 0) is 0 Å². The van der Waals surface area contributed by atoms with Crippen LogP contribution in [0.3, 0.4) is 0 Å². The van der Waals surface area contributed by atoms with Gasteiger partial charge in [0.05, 0.1) is 16.1 Å². The molecular formula is C12H19Cl2N3O. The fourth-order valence-corrected chi connectivity index (χ4v) is 1.81. The molecular weight excluding hydrogens is 273 g/mol. The second-order valence-corrected chi connectivity index (χ2v) is 4.83. The zero-order chi connectivity index (χ0) is 13.5. The van der Waals surface area contributed by atoms with Gasteiger partial charge in [-0.2, -0.15) is 0 Å². The fraction of sp³-hybridized carbons (Fsp3) is 0.583. The van der Waals surface area contributed by atoms with E-state index in [0.717, 1.165) is 13.0 Å². The van der Waals surface area contributed by atoms with Crippen molar-refractivity contribution in [2.75, 3.05) is 23.7 Å². The number of nitrogens with zero attached hydrogens (tertiary/aromatic N) is 1. The quantitative estimate of drug-likeness (QED) is 0.721. The van der Waals surface area contributed by atoms with Crippen molar-refractivity contribution < 1.29 is 5.11 Å². The third kappa shape index (κ3) is 4.52. The first kappa shape index (κ1) is 15.3. The van der Waals surface area contributed by atoms with Crippen LogP contribution < -0.4 is 10.6 Å². The highest BCUT2D eigenvalue weighted by Gasteiger charge is 2.10. The highest BCUT2D eigenvalue weighted by Crippen LogP contribution is 2.29. The maximum Gasteiger partial charge on any atom is 0.147 e. The minimum atomic E-state index is -0.411. The Morgan fingerprint density at radius 2 is 1.83 bits per heavy atom. The van der Waals surface area contributed by atoms with Gasteiger partial charge in [0.15, 0.2) is 0 Å². The molecule has 0 radical (unpaired) electrons. The van der Waals surface area contributed by atoms with Crippen LogP contribution in [0.25, 0.3) is 0 Å². The number of nitrogens with one attached hydrogen (secondary N) is 2. The number of aromatic nitrogens is 1. The van der Waals surface area contributed by atoms with E-state index in [1.54, 1.807) is 6.07 Å². The molecule has 0 aliphatic rings. The molecule has 0 aliphatic heterocycles. The number of hydrogen-bond acceptors (Lipinski definition) is 4. The molecule has 102 valence electrons. The zero-order valence-electron chi connectivity index (χ0n) is 10.6. The minimum absolute atomic E-state index is 0.411. The first-order valence-electron chi connectivity index (χ1n) is 6.10. The Morgan fingerprint density at radius 3 is 2.39 bits per heavy atom. The van der Waals surface area contributed by atoms with E-state index in [1.165, 1.54) is 0 Å². The SMILES string of the molecule is CCCNc1nc(NCC(O)CC)c(Cl)cc1Cl. The summed E-state index contributed by atoms with van der Waals surface area (Å²) in [5, 5.41) is 16.6. The fourth-order valence-electron chi connectivity index (χ4n) is 1.32. The summed E-state index contributed by atoms with van der Waals surface area (Å²) < 4.78 is 0. The molecule has 3 N–H and O–H groups in total. The zero-order valence-corrected chi connectivity index (χ0v) is 12.1. The van der Waals surface area contributed by atoms with Crippen LogP contribution in [0.15, 0.2) is 6.07 Å². The molecule has 0 amide bonds. The number of pyridine rings is 1.